The number of nitrogens with zero attached hydrogens (tertiary/aromatic N) is 1. The van der Waals surface area contributed by atoms with Gasteiger partial charge in [-0.15, -0.1) is 0 Å². The van der Waals surface area contributed by atoms with Crippen LogP contribution in [0.2, 0.25) is 0 Å². The number of Topliss-reactive ketones (excluding diaryl/α,β-unsaturated/α-hetero) is 1. The molecule has 0 aliphatic carbocycles. The second kappa shape index (κ2) is 8.56. The highest BCUT2D eigenvalue weighted by Gasteiger charge is 2.24. The predicted molar refractivity (Wildman–Crippen MR) is 80.7 cm³/mol. The van der Waals surface area contributed by atoms with Crippen molar-refractivity contribution in [1.82, 2.24) is 0 Å². The molecule has 0 amide bonds. The largest absolute Gasteiger partial charge is 0.504 e. The molecule has 0 unspecified atom stereocenters. The maximum Gasteiger partial charge on any atom is 0.315 e. The number of phenols is 2. The van der Waals surface area contributed by atoms with Crippen LogP contribution >= 0.6 is 0 Å². The van der Waals surface area contributed by atoms with Crippen molar-refractivity contribution >= 4 is 11.5 Å². The summed E-state index contributed by atoms with van der Waals surface area (Å²) in [6.07, 6.45) is 2.29. The van der Waals surface area contributed by atoms with Crippen molar-refractivity contribution in [2.45, 2.75) is 27.7 Å². The molecule has 0 heterocycles. The summed E-state index contributed by atoms with van der Waals surface area (Å²) in [5.41, 5.74) is -1.41. The third-order valence-electron chi connectivity index (χ3n) is 2.57. The van der Waals surface area contributed by atoms with Gasteiger partial charge in [-0.1, -0.05) is 26.0 Å². The van der Waals surface area contributed by atoms with Gasteiger partial charge in [0.15, 0.2) is 11.5 Å². The number of carbonyl (C=O) groups is 1. The van der Waals surface area contributed by atoms with E-state index in [4.69, 9.17) is 0 Å². The van der Waals surface area contributed by atoms with Crippen LogP contribution in [0.3, 0.4) is 0 Å². The van der Waals surface area contributed by atoms with Gasteiger partial charge < -0.3 is 10.2 Å². The summed E-state index contributed by atoms with van der Waals surface area (Å²) in [6, 6.07) is 1.63. The molecule has 0 atom stereocenters. The van der Waals surface area contributed by atoms with Gasteiger partial charge in [0.1, 0.15) is 5.83 Å². The number of aromatic hydroxyl groups is 2. The number of benzene rings is 1. The number of allylic oxidation sites excluding steroid dienone is 4. The molecule has 2 N–H and O–H groups in total. The molecule has 6 nitrogen and oxygen atoms in total. The van der Waals surface area contributed by atoms with E-state index in [1.807, 2.05) is 13.8 Å². The highest BCUT2D eigenvalue weighted by Crippen LogP contribution is 2.37. The van der Waals surface area contributed by atoms with E-state index in [9.17, 15) is 29.5 Å². The molecule has 22 heavy (non-hydrogen) atoms. The second-order valence-corrected chi connectivity index (χ2v) is 3.79. The summed E-state index contributed by atoms with van der Waals surface area (Å²) in [5.74, 6) is -3.38. The monoisotopic (exact) mass is 311 g/mol. The minimum absolute atomic E-state index is 0.285. The molecule has 7 heteroatoms. The van der Waals surface area contributed by atoms with Crippen LogP contribution < -0.4 is 0 Å². The van der Waals surface area contributed by atoms with Gasteiger partial charge in [0.2, 0.25) is 5.75 Å². The van der Waals surface area contributed by atoms with Crippen molar-refractivity contribution < 1.29 is 24.3 Å². The number of nitro groups is 1. The third-order valence-corrected chi connectivity index (χ3v) is 2.57. The summed E-state index contributed by atoms with van der Waals surface area (Å²) < 4.78 is 13.5. The fourth-order valence-corrected chi connectivity index (χ4v) is 1.56. The van der Waals surface area contributed by atoms with Gasteiger partial charge in [0.25, 0.3) is 0 Å². The number of nitro benzene ring substituents is 1. The fourth-order valence-electron chi connectivity index (χ4n) is 1.56. The van der Waals surface area contributed by atoms with Gasteiger partial charge in [-0.05, 0) is 19.9 Å². The average Bonchev–Trinajstić information content (AvgIpc) is 2.51. The van der Waals surface area contributed by atoms with Gasteiger partial charge in [-0.3, -0.25) is 14.9 Å². The Labute approximate surface area is 127 Å². The molecule has 0 saturated carbocycles. The van der Waals surface area contributed by atoms with Crippen LogP contribution in [0.5, 0.6) is 11.5 Å². The number of rotatable bonds is 4. The molecule has 0 fully saturated rings. The Morgan fingerprint density at radius 2 is 1.77 bits per heavy atom. The first-order chi connectivity index (χ1) is 10.3. The molecule has 0 saturated heterocycles. The van der Waals surface area contributed by atoms with Crippen LogP contribution in [0, 0.1) is 10.1 Å². The Hall–Kier alpha value is -2.70. The second-order valence-electron chi connectivity index (χ2n) is 3.79. The molecular weight excluding hydrogens is 293 g/mol. The molecule has 0 bridgehead atoms. The molecule has 1 aromatic rings. The van der Waals surface area contributed by atoms with E-state index in [1.165, 1.54) is 19.9 Å². The van der Waals surface area contributed by atoms with Crippen LogP contribution in [-0.2, 0) is 0 Å². The van der Waals surface area contributed by atoms with Crippen LogP contribution in [0.1, 0.15) is 38.1 Å². The Bertz CT molecular complexity index is 635. The summed E-state index contributed by atoms with van der Waals surface area (Å²) >= 11 is 0. The number of hydrogen-bond donors (Lipinski definition) is 2. The van der Waals surface area contributed by atoms with E-state index in [-0.39, 0.29) is 11.1 Å². The minimum Gasteiger partial charge on any atom is -0.504 e. The molecule has 1 rings (SSSR count). The lowest BCUT2D eigenvalue weighted by Gasteiger charge is -2.06. The first kappa shape index (κ1) is 19.3. The topological polar surface area (TPSA) is 101 Å². The van der Waals surface area contributed by atoms with Gasteiger partial charge >= 0.3 is 5.69 Å². The third kappa shape index (κ3) is 4.15. The lowest BCUT2D eigenvalue weighted by atomic mass is 10.0. The molecular formula is C15H18FNO5. The Morgan fingerprint density at radius 1 is 1.23 bits per heavy atom. The van der Waals surface area contributed by atoms with Crippen LogP contribution in [-0.4, -0.2) is 20.9 Å². The molecule has 0 aromatic heterocycles. The number of phenolic OH excluding ortho intramolecular Hbond substituents is 2. The minimum atomic E-state index is -0.951. The maximum absolute atomic E-state index is 13.5. The van der Waals surface area contributed by atoms with Crippen LogP contribution in [0.4, 0.5) is 10.1 Å². The van der Waals surface area contributed by atoms with E-state index in [0.717, 1.165) is 18.2 Å². The van der Waals surface area contributed by atoms with Crippen molar-refractivity contribution in [1.29, 1.82) is 0 Å². The molecule has 0 aliphatic heterocycles. The van der Waals surface area contributed by atoms with Gasteiger partial charge in [0.05, 0.1) is 10.5 Å². The van der Waals surface area contributed by atoms with Crippen LogP contribution in [0.15, 0.2) is 35.7 Å². The Balaban J connectivity index is 0.00000211. The van der Waals surface area contributed by atoms with E-state index < -0.39 is 33.7 Å². The highest BCUT2D eigenvalue weighted by molar-refractivity contribution is 6.11. The maximum atomic E-state index is 13.5. The normalized spacial score (nSPS) is 11.5. The van der Waals surface area contributed by atoms with E-state index in [1.54, 1.807) is 0 Å². The van der Waals surface area contributed by atoms with Crippen molar-refractivity contribution in [2.75, 3.05) is 0 Å². The van der Waals surface area contributed by atoms with E-state index in [2.05, 4.69) is 0 Å². The standard InChI is InChI=1S/C13H12FNO5.C2H6/c1-3-8(9(14)4-2)12(17)7-5-10(15(19)20)13(18)11(16)6-7;1-2/h3-6,16,18H,1-2H3;1-2H3/b8-3+,9-4+;. The SMILES string of the molecule is C/C=C(C(=O)c1cc(O)c(O)c([N+](=O)[O-])c1)\C(F)=C/C.CC. The Kier molecular flexibility index (Phi) is 7.51. The Morgan fingerprint density at radius 3 is 2.18 bits per heavy atom. The summed E-state index contributed by atoms with van der Waals surface area (Å²) in [7, 11) is 0. The number of ketones is 1. The predicted octanol–water partition coefficient (Wildman–Crippen LogP) is 4.03. The molecule has 120 valence electrons. The van der Waals surface area contributed by atoms with E-state index >= 15 is 0 Å². The smallest absolute Gasteiger partial charge is 0.315 e. The number of halogens is 1. The van der Waals surface area contributed by atoms with Gasteiger partial charge in [-0.25, -0.2) is 4.39 Å². The van der Waals surface area contributed by atoms with Crippen molar-refractivity contribution in [3.63, 3.8) is 0 Å². The van der Waals surface area contributed by atoms with Gasteiger partial charge in [-0.2, -0.15) is 0 Å². The van der Waals surface area contributed by atoms with E-state index in [0.29, 0.717) is 0 Å². The average molecular weight is 311 g/mol. The number of hydrogen-bond acceptors (Lipinski definition) is 5. The van der Waals surface area contributed by atoms with Crippen molar-refractivity contribution in [3.8, 4) is 11.5 Å². The van der Waals surface area contributed by atoms with Gasteiger partial charge in [0, 0.05) is 11.6 Å². The number of carbonyl (C=O) groups excluding carboxylic acids is 1. The summed E-state index contributed by atoms with van der Waals surface area (Å²) in [5, 5.41) is 29.4. The summed E-state index contributed by atoms with van der Waals surface area (Å²) in [6.45, 7) is 6.83. The zero-order valence-electron chi connectivity index (χ0n) is 12.8. The fraction of sp³-hybridized carbons (Fsp3) is 0.267. The molecule has 1 aromatic carbocycles. The van der Waals surface area contributed by atoms with Crippen molar-refractivity contribution in [2.24, 2.45) is 0 Å². The van der Waals surface area contributed by atoms with Crippen molar-refractivity contribution in [3.05, 3.63) is 51.4 Å². The first-order valence-electron chi connectivity index (χ1n) is 6.57. The zero-order chi connectivity index (χ0) is 17.4. The molecule has 0 aliphatic rings. The first-order valence-corrected chi connectivity index (χ1v) is 6.57. The molecule has 0 spiro atoms. The molecule has 0 radical (unpaired) electrons. The zero-order valence-corrected chi connectivity index (χ0v) is 12.8. The quantitative estimate of drug-likeness (QED) is 0.218. The highest BCUT2D eigenvalue weighted by atomic mass is 19.1. The summed E-state index contributed by atoms with van der Waals surface area (Å²) in [4.78, 5) is 21.8. The lowest BCUT2D eigenvalue weighted by Crippen LogP contribution is -2.05. The lowest BCUT2D eigenvalue weighted by molar-refractivity contribution is -0.386. The van der Waals surface area contributed by atoms with Crippen LogP contribution in [0.25, 0.3) is 0 Å².